The number of hydrogen-bond donors (Lipinski definition) is 0. The van der Waals surface area contributed by atoms with Gasteiger partial charge in [-0.05, 0) is 0 Å². The summed E-state index contributed by atoms with van der Waals surface area (Å²) < 4.78 is 16.2. The van der Waals surface area contributed by atoms with Gasteiger partial charge in [-0.3, -0.25) is 0 Å². The number of rotatable bonds is 3. The van der Waals surface area contributed by atoms with E-state index in [4.69, 9.17) is 0 Å². The van der Waals surface area contributed by atoms with Crippen molar-refractivity contribution in [3.63, 3.8) is 0 Å². The first-order valence-electron chi connectivity index (χ1n) is 6.41. The minimum atomic E-state index is -0.116. The van der Waals surface area contributed by atoms with Gasteiger partial charge in [0.2, 0.25) is 0 Å². The Kier molecular flexibility index (Phi) is 3.96. The molecule has 0 amide bonds. The molecule has 3 aromatic rings. The third-order valence-corrected chi connectivity index (χ3v) is 5.38. The molecule has 0 saturated carbocycles. The van der Waals surface area contributed by atoms with Crippen LogP contribution in [0.4, 0.5) is 4.39 Å². The second-order valence-electron chi connectivity index (χ2n) is 4.40. The van der Waals surface area contributed by atoms with E-state index in [1.54, 1.807) is 12.1 Å². The van der Waals surface area contributed by atoms with E-state index in [1.807, 2.05) is 54.6 Å². The van der Waals surface area contributed by atoms with Crippen LogP contribution < -0.4 is 8.92 Å². The molecule has 0 spiro atoms. The van der Waals surface area contributed by atoms with Crippen LogP contribution in [0, 0.1) is 5.82 Å². The summed E-state index contributed by atoms with van der Waals surface area (Å²) in [6.07, 6.45) is 0. The molecule has 0 N–H and O–H groups in total. The van der Waals surface area contributed by atoms with Crippen LogP contribution in [0.15, 0.2) is 78.9 Å². The van der Waals surface area contributed by atoms with E-state index in [0.29, 0.717) is 0 Å². The van der Waals surface area contributed by atoms with Crippen molar-refractivity contribution in [2.24, 2.45) is 0 Å². The standard InChI is InChI=1S/C18H13FSe/c19-17-13-7-12-16(14-8-3-1-4-9-14)18(17)20-15-10-5-2-6-11-15/h1-13H. The molecule has 3 aromatic carbocycles. The fourth-order valence-corrected chi connectivity index (χ4v) is 4.14. The monoisotopic (exact) mass is 328 g/mol. The Morgan fingerprint density at radius 3 is 2.00 bits per heavy atom. The van der Waals surface area contributed by atoms with E-state index in [1.165, 1.54) is 4.46 Å². The molecular weight excluding hydrogens is 314 g/mol. The van der Waals surface area contributed by atoms with Crippen LogP contribution in [0.3, 0.4) is 0 Å². The molecule has 3 rings (SSSR count). The number of benzene rings is 3. The maximum atomic E-state index is 14.2. The predicted octanol–water partition coefficient (Wildman–Crippen LogP) is 3.15. The summed E-state index contributed by atoms with van der Waals surface area (Å²) >= 11 is -0.0300. The first-order chi connectivity index (χ1) is 9.84. The van der Waals surface area contributed by atoms with Crippen molar-refractivity contribution >= 4 is 23.9 Å². The quantitative estimate of drug-likeness (QED) is 0.649. The fourth-order valence-electron chi connectivity index (χ4n) is 2.06. The van der Waals surface area contributed by atoms with Crippen molar-refractivity contribution in [2.75, 3.05) is 0 Å². The molecule has 2 heteroatoms. The molecular formula is C18H13FSe. The zero-order valence-electron chi connectivity index (χ0n) is 10.8. The van der Waals surface area contributed by atoms with Gasteiger partial charge < -0.3 is 0 Å². The van der Waals surface area contributed by atoms with Crippen molar-refractivity contribution in [3.05, 3.63) is 84.7 Å². The van der Waals surface area contributed by atoms with Gasteiger partial charge in [-0.15, -0.1) is 0 Å². The second-order valence-corrected chi connectivity index (χ2v) is 6.67. The van der Waals surface area contributed by atoms with E-state index >= 15 is 0 Å². The average Bonchev–Trinajstić information content (AvgIpc) is 2.51. The van der Waals surface area contributed by atoms with Gasteiger partial charge in [-0.1, -0.05) is 0 Å². The molecule has 0 aliphatic heterocycles. The van der Waals surface area contributed by atoms with Crippen molar-refractivity contribution < 1.29 is 4.39 Å². The van der Waals surface area contributed by atoms with Crippen molar-refractivity contribution in [1.29, 1.82) is 0 Å². The summed E-state index contributed by atoms with van der Waals surface area (Å²) in [5.74, 6) is -0.116. The van der Waals surface area contributed by atoms with Gasteiger partial charge in [-0.2, -0.15) is 0 Å². The number of hydrogen-bond acceptors (Lipinski definition) is 0. The zero-order valence-corrected chi connectivity index (χ0v) is 12.5. The molecule has 20 heavy (non-hydrogen) atoms. The Morgan fingerprint density at radius 2 is 1.30 bits per heavy atom. The third-order valence-electron chi connectivity index (χ3n) is 3.01. The van der Waals surface area contributed by atoms with E-state index in [-0.39, 0.29) is 20.8 Å². The van der Waals surface area contributed by atoms with Crippen LogP contribution in [-0.4, -0.2) is 15.0 Å². The van der Waals surface area contributed by atoms with Gasteiger partial charge in [0.15, 0.2) is 0 Å². The summed E-state index contributed by atoms with van der Waals surface area (Å²) in [6, 6.07) is 25.4. The molecule has 98 valence electrons. The number of halogens is 1. The van der Waals surface area contributed by atoms with E-state index < -0.39 is 0 Å². The topological polar surface area (TPSA) is 0 Å². The van der Waals surface area contributed by atoms with Crippen LogP contribution in [-0.2, 0) is 0 Å². The van der Waals surface area contributed by atoms with Gasteiger partial charge >= 0.3 is 124 Å². The molecule has 0 aromatic heterocycles. The normalized spacial score (nSPS) is 10.4. The van der Waals surface area contributed by atoms with Gasteiger partial charge in [0.05, 0.1) is 0 Å². The Balaban J connectivity index is 2.06. The summed E-state index contributed by atoms with van der Waals surface area (Å²) in [6.45, 7) is 0. The van der Waals surface area contributed by atoms with Crippen molar-refractivity contribution in [1.82, 2.24) is 0 Å². The summed E-state index contributed by atoms with van der Waals surface area (Å²) in [5, 5.41) is 0. The maximum absolute atomic E-state index is 14.2. The van der Waals surface area contributed by atoms with E-state index in [0.717, 1.165) is 15.6 Å². The zero-order chi connectivity index (χ0) is 13.8. The van der Waals surface area contributed by atoms with E-state index in [2.05, 4.69) is 12.1 Å². The minimum absolute atomic E-state index is 0.0300. The average molecular weight is 327 g/mol. The summed E-state index contributed by atoms with van der Waals surface area (Å²) in [7, 11) is 0. The molecule has 0 radical (unpaired) electrons. The first kappa shape index (κ1) is 13.1. The van der Waals surface area contributed by atoms with Crippen molar-refractivity contribution in [3.8, 4) is 11.1 Å². The molecule has 0 nitrogen and oxygen atoms in total. The Labute approximate surface area is 124 Å². The van der Waals surface area contributed by atoms with Gasteiger partial charge in [-0.25, -0.2) is 0 Å². The molecule has 0 saturated heterocycles. The SMILES string of the molecule is Fc1cccc(-c2ccccc2)c1[Se]c1ccccc1. The van der Waals surface area contributed by atoms with Crippen LogP contribution in [0.25, 0.3) is 11.1 Å². The summed E-state index contributed by atoms with van der Waals surface area (Å²) in [4.78, 5) is 0. The second kappa shape index (κ2) is 6.04. The molecule has 0 bridgehead atoms. The van der Waals surface area contributed by atoms with Gasteiger partial charge in [0.1, 0.15) is 0 Å². The third kappa shape index (κ3) is 2.82. The molecule has 0 unspecified atom stereocenters. The molecule has 0 heterocycles. The van der Waals surface area contributed by atoms with Crippen LogP contribution in [0.1, 0.15) is 0 Å². The van der Waals surface area contributed by atoms with Gasteiger partial charge in [0, 0.05) is 0 Å². The van der Waals surface area contributed by atoms with Crippen LogP contribution in [0.2, 0.25) is 0 Å². The molecule has 0 aliphatic carbocycles. The van der Waals surface area contributed by atoms with E-state index in [9.17, 15) is 4.39 Å². The molecule has 0 fully saturated rings. The first-order valence-corrected chi connectivity index (χ1v) is 8.13. The Bertz CT molecular complexity index is 693. The Hall–Kier alpha value is -1.89. The van der Waals surface area contributed by atoms with Crippen LogP contribution >= 0.6 is 0 Å². The summed E-state index contributed by atoms with van der Waals surface area (Å²) in [5.41, 5.74) is 2.06. The van der Waals surface area contributed by atoms with Crippen LogP contribution in [0.5, 0.6) is 0 Å². The van der Waals surface area contributed by atoms with Crippen molar-refractivity contribution in [2.45, 2.75) is 0 Å². The molecule has 0 aliphatic rings. The Morgan fingerprint density at radius 1 is 0.650 bits per heavy atom. The van der Waals surface area contributed by atoms with Gasteiger partial charge in [0.25, 0.3) is 0 Å². The fraction of sp³-hybridized carbons (Fsp3) is 0. The molecule has 0 atom stereocenters. The predicted molar refractivity (Wildman–Crippen MR) is 83.3 cm³/mol.